The monoisotopic (exact) mass is 268 g/mol. The van der Waals surface area contributed by atoms with E-state index in [2.05, 4.69) is 20.2 Å². The molecule has 0 radical (unpaired) electrons. The lowest BCUT2D eigenvalue weighted by atomic mass is 10.0. The molecule has 0 unspecified atom stereocenters. The smallest absolute Gasteiger partial charge is 0.217 e. The summed E-state index contributed by atoms with van der Waals surface area (Å²) < 4.78 is 0. The van der Waals surface area contributed by atoms with Crippen molar-refractivity contribution < 1.29 is 4.79 Å². The van der Waals surface area contributed by atoms with Crippen molar-refractivity contribution in [2.45, 2.75) is 32.7 Å². The Morgan fingerprint density at radius 1 is 1.44 bits per heavy atom. The molecule has 0 atom stereocenters. The van der Waals surface area contributed by atoms with Crippen molar-refractivity contribution in [3.63, 3.8) is 0 Å². The second kappa shape index (κ2) is 5.52. The number of nitrogens with zero attached hydrogens (tertiary/aromatic N) is 3. The zero-order valence-electron chi connectivity index (χ0n) is 10.6. The number of hydrogen-bond acceptors (Lipinski definition) is 4. The molecule has 0 aromatic carbocycles. The maximum atomic E-state index is 11.0. The molecule has 0 bridgehead atoms. The van der Waals surface area contributed by atoms with Gasteiger partial charge in [0.15, 0.2) is 0 Å². The van der Waals surface area contributed by atoms with E-state index in [0.717, 1.165) is 37.3 Å². The molecule has 1 aliphatic heterocycles. The van der Waals surface area contributed by atoms with Crippen LogP contribution in [0.15, 0.2) is 6.33 Å². The maximum Gasteiger partial charge on any atom is 0.217 e. The minimum atomic E-state index is 0.0368. The third kappa shape index (κ3) is 2.90. The number of hydrogen-bond donors (Lipinski definition) is 1. The lowest BCUT2D eigenvalue weighted by molar-refractivity contribution is -0.119. The van der Waals surface area contributed by atoms with Gasteiger partial charge in [-0.05, 0) is 19.8 Å². The standard InChI is InChI=1S/C12H17ClN4O/c1-8-11(13)14-7-15-12(8)17-5-3-10(4-6-17)16-9(2)18/h7,10H,3-6H2,1-2H3,(H,16,18). The average molecular weight is 269 g/mol. The highest BCUT2D eigenvalue weighted by Gasteiger charge is 2.22. The van der Waals surface area contributed by atoms with Crippen molar-refractivity contribution in [3.05, 3.63) is 17.0 Å². The first-order valence-electron chi connectivity index (χ1n) is 6.07. The zero-order valence-corrected chi connectivity index (χ0v) is 11.4. The molecular formula is C12H17ClN4O. The fourth-order valence-electron chi connectivity index (χ4n) is 2.26. The number of carbonyl (C=O) groups is 1. The van der Waals surface area contributed by atoms with Crippen LogP contribution in [-0.2, 0) is 4.79 Å². The number of aromatic nitrogens is 2. The van der Waals surface area contributed by atoms with Gasteiger partial charge in [-0.1, -0.05) is 11.6 Å². The van der Waals surface area contributed by atoms with E-state index in [1.165, 1.54) is 6.33 Å². The van der Waals surface area contributed by atoms with Gasteiger partial charge in [0.25, 0.3) is 0 Å². The molecule has 5 nitrogen and oxygen atoms in total. The quantitative estimate of drug-likeness (QED) is 0.827. The molecule has 1 aliphatic rings. The van der Waals surface area contributed by atoms with Gasteiger partial charge in [0.2, 0.25) is 5.91 Å². The van der Waals surface area contributed by atoms with Crippen LogP contribution in [0.4, 0.5) is 5.82 Å². The lowest BCUT2D eigenvalue weighted by Gasteiger charge is -2.33. The first-order valence-corrected chi connectivity index (χ1v) is 6.45. The van der Waals surface area contributed by atoms with E-state index >= 15 is 0 Å². The molecular weight excluding hydrogens is 252 g/mol. The van der Waals surface area contributed by atoms with Gasteiger partial charge in [-0.3, -0.25) is 4.79 Å². The maximum absolute atomic E-state index is 11.0. The summed E-state index contributed by atoms with van der Waals surface area (Å²) in [5, 5.41) is 3.46. The van der Waals surface area contributed by atoms with Crippen LogP contribution < -0.4 is 10.2 Å². The second-order valence-electron chi connectivity index (χ2n) is 4.57. The number of carbonyl (C=O) groups excluding carboxylic acids is 1. The first-order chi connectivity index (χ1) is 8.58. The first kappa shape index (κ1) is 13.1. The van der Waals surface area contributed by atoms with E-state index in [4.69, 9.17) is 11.6 Å². The highest BCUT2D eigenvalue weighted by atomic mass is 35.5. The highest BCUT2D eigenvalue weighted by molar-refractivity contribution is 6.30. The van der Waals surface area contributed by atoms with E-state index in [1.807, 2.05) is 6.92 Å². The van der Waals surface area contributed by atoms with Crippen LogP contribution in [0.2, 0.25) is 5.15 Å². The highest BCUT2D eigenvalue weighted by Crippen LogP contribution is 2.24. The normalized spacial score (nSPS) is 16.7. The Bertz CT molecular complexity index is 444. The predicted molar refractivity (Wildman–Crippen MR) is 70.8 cm³/mol. The summed E-state index contributed by atoms with van der Waals surface area (Å²) in [5.41, 5.74) is 0.914. The van der Waals surface area contributed by atoms with E-state index in [-0.39, 0.29) is 11.9 Å². The summed E-state index contributed by atoms with van der Waals surface area (Å²) in [6, 6.07) is 0.274. The third-order valence-corrected chi connectivity index (χ3v) is 3.58. The van der Waals surface area contributed by atoms with Crippen LogP contribution in [0.5, 0.6) is 0 Å². The molecule has 1 N–H and O–H groups in total. The Morgan fingerprint density at radius 3 is 2.72 bits per heavy atom. The number of halogens is 1. The number of amides is 1. The van der Waals surface area contributed by atoms with Gasteiger partial charge in [-0.15, -0.1) is 0 Å². The SMILES string of the molecule is CC(=O)NC1CCN(c2ncnc(Cl)c2C)CC1. The summed E-state index contributed by atoms with van der Waals surface area (Å²) in [6.45, 7) is 5.23. The van der Waals surface area contributed by atoms with Crippen molar-refractivity contribution in [2.24, 2.45) is 0 Å². The number of rotatable bonds is 2. The number of anilines is 1. The van der Waals surface area contributed by atoms with Crippen LogP contribution >= 0.6 is 11.6 Å². The van der Waals surface area contributed by atoms with Gasteiger partial charge in [0.05, 0.1) is 0 Å². The fraction of sp³-hybridized carbons (Fsp3) is 0.583. The van der Waals surface area contributed by atoms with Crippen LogP contribution in [-0.4, -0.2) is 35.0 Å². The van der Waals surface area contributed by atoms with Crippen molar-refractivity contribution in [2.75, 3.05) is 18.0 Å². The van der Waals surface area contributed by atoms with Crippen molar-refractivity contribution in [1.82, 2.24) is 15.3 Å². The van der Waals surface area contributed by atoms with E-state index in [1.54, 1.807) is 6.92 Å². The molecule has 1 aromatic rings. The van der Waals surface area contributed by atoms with Crippen molar-refractivity contribution >= 4 is 23.3 Å². The topological polar surface area (TPSA) is 58.1 Å². The number of nitrogens with one attached hydrogen (secondary N) is 1. The second-order valence-corrected chi connectivity index (χ2v) is 4.93. The summed E-state index contributed by atoms with van der Waals surface area (Å²) in [7, 11) is 0. The Labute approximate surface area is 112 Å². The van der Waals surface area contributed by atoms with Gasteiger partial charge >= 0.3 is 0 Å². The average Bonchev–Trinajstić information content (AvgIpc) is 2.33. The molecule has 98 valence electrons. The Morgan fingerprint density at radius 2 is 2.11 bits per heavy atom. The number of piperidine rings is 1. The zero-order chi connectivity index (χ0) is 13.1. The third-order valence-electron chi connectivity index (χ3n) is 3.20. The molecule has 0 aliphatic carbocycles. The molecule has 1 amide bonds. The van der Waals surface area contributed by atoms with E-state index < -0.39 is 0 Å². The summed E-state index contributed by atoms with van der Waals surface area (Å²) in [5.74, 6) is 0.936. The molecule has 6 heteroatoms. The Balaban J connectivity index is 2.01. The van der Waals surface area contributed by atoms with Crippen LogP contribution in [0, 0.1) is 6.92 Å². The molecule has 2 rings (SSSR count). The van der Waals surface area contributed by atoms with Crippen molar-refractivity contribution in [1.29, 1.82) is 0 Å². The van der Waals surface area contributed by atoms with Crippen LogP contribution in [0.3, 0.4) is 0 Å². The molecule has 1 saturated heterocycles. The predicted octanol–water partition coefficient (Wildman–Crippen LogP) is 1.54. The Kier molecular flexibility index (Phi) is 4.01. The largest absolute Gasteiger partial charge is 0.356 e. The van der Waals surface area contributed by atoms with Gasteiger partial charge < -0.3 is 10.2 Å². The molecule has 0 spiro atoms. The molecule has 1 aromatic heterocycles. The fourth-order valence-corrected chi connectivity index (χ4v) is 2.39. The van der Waals surface area contributed by atoms with Gasteiger partial charge in [-0.2, -0.15) is 0 Å². The van der Waals surface area contributed by atoms with Gasteiger partial charge in [0, 0.05) is 31.6 Å². The van der Waals surface area contributed by atoms with Gasteiger partial charge in [0.1, 0.15) is 17.3 Å². The molecule has 18 heavy (non-hydrogen) atoms. The summed E-state index contributed by atoms with van der Waals surface area (Å²) in [6.07, 6.45) is 3.35. The summed E-state index contributed by atoms with van der Waals surface area (Å²) >= 11 is 6.00. The minimum Gasteiger partial charge on any atom is -0.356 e. The summed E-state index contributed by atoms with van der Waals surface area (Å²) in [4.78, 5) is 21.4. The Hall–Kier alpha value is -1.36. The lowest BCUT2D eigenvalue weighted by Crippen LogP contribution is -2.44. The minimum absolute atomic E-state index is 0.0368. The molecule has 2 heterocycles. The van der Waals surface area contributed by atoms with Gasteiger partial charge in [-0.25, -0.2) is 9.97 Å². The molecule has 1 fully saturated rings. The van der Waals surface area contributed by atoms with Crippen LogP contribution in [0.1, 0.15) is 25.3 Å². The van der Waals surface area contributed by atoms with Crippen molar-refractivity contribution in [3.8, 4) is 0 Å². The van der Waals surface area contributed by atoms with E-state index in [0.29, 0.717) is 5.15 Å². The van der Waals surface area contributed by atoms with E-state index in [9.17, 15) is 4.79 Å². The van der Waals surface area contributed by atoms with Crippen LogP contribution in [0.25, 0.3) is 0 Å². The molecule has 0 saturated carbocycles.